The molecule has 3 heteroatoms. The number of benzene rings is 1. The van der Waals surface area contributed by atoms with Crippen molar-refractivity contribution in [3.8, 4) is 0 Å². The molecular weight excluding hydrogens is 268 g/mol. The van der Waals surface area contributed by atoms with E-state index in [4.69, 9.17) is 11.6 Å². The van der Waals surface area contributed by atoms with Crippen LogP contribution in [0.1, 0.15) is 51.1 Å². The van der Waals surface area contributed by atoms with Crippen LogP contribution >= 0.6 is 11.6 Å². The summed E-state index contributed by atoms with van der Waals surface area (Å²) in [6.07, 6.45) is 7.66. The van der Waals surface area contributed by atoms with Crippen LogP contribution in [0.15, 0.2) is 24.4 Å². The molecular formula is C17H23ClN2. The molecule has 1 fully saturated rings. The first kappa shape index (κ1) is 14.0. The van der Waals surface area contributed by atoms with Crippen LogP contribution in [0.25, 0.3) is 10.9 Å². The lowest BCUT2D eigenvalue weighted by Gasteiger charge is -2.11. The lowest BCUT2D eigenvalue weighted by atomic mass is 10.1. The third-order valence-electron chi connectivity index (χ3n) is 4.38. The van der Waals surface area contributed by atoms with Crippen LogP contribution in [0.2, 0.25) is 5.02 Å². The van der Waals surface area contributed by atoms with Crippen molar-refractivity contribution in [3.63, 3.8) is 0 Å². The van der Waals surface area contributed by atoms with E-state index in [-0.39, 0.29) is 0 Å². The van der Waals surface area contributed by atoms with Crippen molar-refractivity contribution in [2.75, 3.05) is 0 Å². The number of nitrogens with one attached hydrogen (secondary N) is 1. The highest BCUT2D eigenvalue weighted by Gasteiger charge is 2.17. The van der Waals surface area contributed by atoms with Crippen LogP contribution in [0, 0.1) is 0 Å². The van der Waals surface area contributed by atoms with Gasteiger partial charge in [0, 0.05) is 30.2 Å². The Balaban J connectivity index is 1.92. The molecule has 0 unspecified atom stereocenters. The Labute approximate surface area is 126 Å². The van der Waals surface area contributed by atoms with E-state index in [1.165, 1.54) is 42.1 Å². The summed E-state index contributed by atoms with van der Waals surface area (Å²) in [5.41, 5.74) is 2.54. The summed E-state index contributed by atoms with van der Waals surface area (Å²) < 4.78 is 2.29. The summed E-state index contributed by atoms with van der Waals surface area (Å²) in [4.78, 5) is 0. The predicted molar refractivity (Wildman–Crippen MR) is 86.4 cm³/mol. The Morgan fingerprint density at radius 1 is 1.30 bits per heavy atom. The van der Waals surface area contributed by atoms with E-state index in [9.17, 15) is 0 Å². The van der Waals surface area contributed by atoms with Gasteiger partial charge in [0.25, 0.3) is 0 Å². The molecule has 1 aliphatic rings. The molecule has 2 nitrogen and oxygen atoms in total. The molecule has 0 atom stereocenters. The number of aromatic nitrogens is 1. The quantitative estimate of drug-likeness (QED) is 0.847. The van der Waals surface area contributed by atoms with E-state index in [2.05, 4.69) is 42.1 Å². The van der Waals surface area contributed by atoms with Crippen LogP contribution in [0.5, 0.6) is 0 Å². The van der Waals surface area contributed by atoms with Gasteiger partial charge in [0.2, 0.25) is 0 Å². The van der Waals surface area contributed by atoms with Crippen LogP contribution in [-0.4, -0.2) is 10.6 Å². The summed E-state index contributed by atoms with van der Waals surface area (Å²) in [5.74, 6) is 0. The normalized spacial score (nSPS) is 16.6. The average Bonchev–Trinajstić information content (AvgIpc) is 3.04. The van der Waals surface area contributed by atoms with Crippen LogP contribution in [0.4, 0.5) is 0 Å². The molecule has 2 aromatic rings. The zero-order valence-corrected chi connectivity index (χ0v) is 13.1. The fourth-order valence-corrected chi connectivity index (χ4v) is 3.54. The Bertz CT molecular complexity index is 594. The second-order valence-corrected chi connectivity index (χ2v) is 6.56. The zero-order valence-electron chi connectivity index (χ0n) is 12.3. The lowest BCUT2D eigenvalue weighted by Crippen LogP contribution is -2.25. The molecule has 1 heterocycles. The summed E-state index contributed by atoms with van der Waals surface area (Å²) in [7, 11) is 0. The van der Waals surface area contributed by atoms with Crippen LogP contribution in [0.3, 0.4) is 0 Å². The molecule has 1 N–H and O–H groups in total. The Morgan fingerprint density at radius 2 is 2.05 bits per heavy atom. The first-order valence-corrected chi connectivity index (χ1v) is 8.06. The predicted octanol–water partition coefficient (Wildman–Crippen LogP) is 4.91. The van der Waals surface area contributed by atoms with Gasteiger partial charge in [0.15, 0.2) is 0 Å². The molecule has 1 aliphatic carbocycles. The van der Waals surface area contributed by atoms with E-state index in [0.717, 1.165) is 11.6 Å². The fraction of sp³-hybridized carbons (Fsp3) is 0.529. The molecule has 0 amide bonds. The van der Waals surface area contributed by atoms with Crippen molar-refractivity contribution in [3.05, 3.63) is 35.0 Å². The third-order valence-corrected chi connectivity index (χ3v) is 4.68. The monoisotopic (exact) mass is 290 g/mol. The molecule has 0 aliphatic heterocycles. The Morgan fingerprint density at radius 3 is 2.75 bits per heavy atom. The summed E-state index contributed by atoms with van der Waals surface area (Å²) in [6, 6.07) is 7.35. The highest BCUT2D eigenvalue weighted by molar-refractivity contribution is 6.35. The van der Waals surface area contributed by atoms with Gasteiger partial charge in [-0.1, -0.05) is 36.6 Å². The molecule has 1 aromatic heterocycles. The number of rotatable bonds is 4. The minimum Gasteiger partial charge on any atom is -0.343 e. The topological polar surface area (TPSA) is 17.0 Å². The van der Waals surface area contributed by atoms with Crippen molar-refractivity contribution in [1.82, 2.24) is 9.88 Å². The van der Waals surface area contributed by atoms with Gasteiger partial charge in [-0.3, -0.25) is 0 Å². The number of para-hydroxylation sites is 1. The first-order chi connectivity index (χ1) is 9.66. The highest BCUT2D eigenvalue weighted by atomic mass is 35.5. The van der Waals surface area contributed by atoms with E-state index < -0.39 is 0 Å². The van der Waals surface area contributed by atoms with Gasteiger partial charge in [-0.2, -0.15) is 0 Å². The number of halogens is 1. The Kier molecular flexibility index (Phi) is 4.04. The van der Waals surface area contributed by atoms with Gasteiger partial charge in [0.1, 0.15) is 0 Å². The van der Waals surface area contributed by atoms with Crippen LogP contribution in [-0.2, 0) is 6.54 Å². The minimum atomic E-state index is 0.428. The molecule has 0 saturated heterocycles. The van der Waals surface area contributed by atoms with E-state index >= 15 is 0 Å². The van der Waals surface area contributed by atoms with Crippen LogP contribution < -0.4 is 5.32 Å². The second-order valence-electron chi connectivity index (χ2n) is 6.15. The van der Waals surface area contributed by atoms with Crippen molar-refractivity contribution < 1.29 is 0 Å². The summed E-state index contributed by atoms with van der Waals surface area (Å²) >= 11 is 6.41. The van der Waals surface area contributed by atoms with Gasteiger partial charge in [0.05, 0.1) is 10.5 Å². The zero-order chi connectivity index (χ0) is 14.1. The van der Waals surface area contributed by atoms with Crippen molar-refractivity contribution in [2.45, 2.75) is 58.2 Å². The average molecular weight is 291 g/mol. The molecule has 0 radical (unpaired) electrons. The molecule has 3 rings (SSSR count). The number of hydrogen-bond acceptors (Lipinski definition) is 1. The molecule has 0 bridgehead atoms. The number of hydrogen-bond donors (Lipinski definition) is 1. The molecule has 1 aromatic carbocycles. The maximum atomic E-state index is 6.41. The molecule has 0 spiro atoms. The van der Waals surface area contributed by atoms with E-state index in [0.29, 0.717) is 12.1 Å². The number of nitrogens with zero attached hydrogens (tertiary/aromatic N) is 1. The largest absolute Gasteiger partial charge is 0.343 e. The van der Waals surface area contributed by atoms with Gasteiger partial charge >= 0.3 is 0 Å². The smallest absolute Gasteiger partial charge is 0.0675 e. The summed E-state index contributed by atoms with van der Waals surface area (Å²) in [5, 5.41) is 5.84. The fourth-order valence-electron chi connectivity index (χ4n) is 3.27. The maximum absolute atomic E-state index is 6.41. The summed E-state index contributed by atoms with van der Waals surface area (Å²) in [6.45, 7) is 5.36. The maximum Gasteiger partial charge on any atom is 0.0675 e. The molecule has 20 heavy (non-hydrogen) atoms. The van der Waals surface area contributed by atoms with Gasteiger partial charge in [-0.05, 0) is 38.3 Å². The van der Waals surface area contributed by atoms with Crippen molar-refractivity contribution >= 4 is 22.5 Å². The first-order valence-electron chi connectivity index (χ1n) is 7.68. The number of fused-ring (bicyclic) bond motifs is 1. The van der Waals surface area contributed by atoms with Crippen molar-refractivity contribution in [1.29, 1.82) is 0 Å². The van der Waals surface area contributed by atoms with Gasteiger partial charge in [-0.25, -0.2) is 0 Å². The molecule has 108 valence electrons. The third kappa shape index (κ3) is 2.59. The van der Waals surface area contributed by atoms with E-state index in [1.807, 2.05) is 6.07 Å². The Hall–Kier alpha value is -0.990. The highest BCUT2D eigenvalue weighted by Crippen LogP contribution is 2.30. The van der Waals surface area contributed by atoms with E-state index in [1.54, 1.807) is 0 Å². The van der Waals surface area contributed by atoms with Gasteiger partial charge in [-0.15, -0.1) is 0 Å². The minimum absolute atomic E-state index is 0.428. The SMILES string of the molecule is CC(C)n1cc(CNC2CCCC2)c2cccc(Cl)c21. The second kappa shape index (κ2) is 5.79. The standard InChI is InChI=1S/C17H23ClN2/c1-12(2)20-11-13(10-19-14-6-3-4-7-14)15-8-5-9-16(18)17(15)20/h5,8-9,11-12,14,19H,3-4,6-7,10H2,1-2H3. The lowest BCUT2D eigenvalue weighted by molar-refractivity contribution is 0.523. The van der Waals surface area contributed by atoms with Crippen molar-refractivity contribution in [2.24, 2.45) is 0 Å². The molecule has 1 saturated carbocycles. The van der Waals surface area contributed by atoms with Gasteiger partial charge < -0.3 is 9.88 Å².